The lowest BCUT2D eigenvalue weighted by atomic mass is 10.1. The minimum absolute atomic E-state index is 0.142. The molecule has 0 unspecified atom stereocenters. The molecule has 0 atom stereocenters. The number of nitrogens with zero attached hydrogens (tertiary/aromatic N) is 2. The number of anilines is 1. The zero-order chi connectivity index (χ0) is 13.9. The maximum atomic E-state index is 11.4. The van der Waals surface area contributed by atoms with E-state index in [0.29, 0.717) is 19.5 Å². The number of carbonyl (C=O) groups is 1. The Balaban J connectivity index is 1.52. The maximum absolute atomic E-state index is 11.4. The molecule has 0 radical (unpaired) electrons. The van der Waals surface area contributed by atoms with Crippen LogP contribution in [0.5, 0.6) is 5.75 Å². The van der Waals surface area contributed by atoms with E-state index in [4.69, 9.17) is 4.74 Å². The number of hydrogen-bond donors (Lipinski definition) is 0. The van der Waals surface area contributed by atoms with Gasteiger partial charge in [-0.15, -0.1) is 0 Å². The van der Waals surface area contributed by atoms with Crippen molar-refractivity contribution in [2.45, 2.75) is 25.9 Å². The van der Waals surface area contributed by atoms with Crippen molar-refractivity contribution in [2.24, 2.45) is 0 Å². The Morgan fingerprint density at radius 1 is 1.30 bits per heavy atom. The Bertz CT molecular complexity index is 504. The fourth-order valence-electron chi connectivity index (χ4n) is 2.55. The number of hydrogen-bond acceptors (Lipinski definition) is 3. The highest BCUT2D eigenvalue weighted by molar-refractivity contribution is 5.76. The highest BCUT2D eigenvalue weighted by Gasteiger charge is 2.31. The summed E-state index contributed by atoms with van der Waals surface area (Å²) >= 11 is 0. The van der Waals surface area contributed by atoms with Gasteiger partial charge in [-0.1, -0.05) is 13.0 Å². The predicted molar refractivity (Wildman–Crippen MR) is 78.8 cm³/mol. The SMILES string of the molecule is CCC(=O)N1CC(Oc2ccc(N3C=CCC3)cc2)C1. The van der Waals surface area contributed by atoms with E-state index in [1.54, 1.807) is 0 Å². The van der Waals surface area contributed by atoms with Crippen molar-refractivity contribution < 1.29 is 9.53 Å². The van der Waals surface area contributed by atoms with Gasteiger partial charge in [0, 0.05) is 24.9 Å². The monoisotopic (exact) mass is 272 g/mol. The van der Waals surface area contributed by atoms with Gasteiger partial charge >= 0.3 is 0 Å². The number of ether oxygens (including phenoxy) is 1. The van der Waals surface area contributed by atoms with E-state index in [1.807, 2.05) is 24.0 Å². The van der Waals surface area contributed by atoms with Gasteiger partial charge in [0.15, 0.2) is 0 Å². The molecule has 1 saturated heterocycles. The summed E-state index contributed by atoms with van der Waals surface area (Å²) in [5.41, 5.74) is 1.20. The third kappa shape index (κ3) is 2.64. The summed E-state index contributed by atoms with van der Waals surface area (Å²) < 4.78 is 5.86. The van der Waals surface area contributed by atoms with Crippen molar-refractivity contribution >= 4 is 11.6 Å². The molecular formula is C16H20N2O2. The van der Waals surface area contributed by atoms with Crippen LogP contribution in [0.4, 0.5) is 5.69 Å². The molecule has 0 aliphatic carbocycles. The van der Waals surface area contributed by atoms with Crippen LogP contribution in [0.1, 0.15) is 19.8 Å². The smallest absolute Gasteiger partial charge is 0.222 e. The third-order valence-corrected chi connectivity index (χ3v) is 3.80. The first kappa shape index (κ1) is 13.0. The number of likely N-dealkylation sites (tertiary alicyclic amines) is 1. The van der Waals surface area contributed by atoms with E-state index in [9.17, 15) is 4.79 Å². The van der Waals surface area contributed by atoms with Gasteiger partial charge < -0.3 is 14.5 Å². The summed E-state index contributed by atoms with van der Waals surface area (Å²) in [6.45, 7) is 4.37. The highest BCUT2D eigenvalue weighted by Crippen LogP contribution is 2.24. The molecule has 2 aliphatic heterocycles. The van der Waals surface area contributed by atoms with Crippen molar-refractivity contribution in [3.8, 4) is 5.75 Å². The van der Waals surface area contributed by atoms with E-state index in [0.717, 1.165) is 18.7 Å². The summed E-state index contributed by atoms with van der Waals surface area (Å²) in [6, 6.07) is 8.18. The normalized spacial score (nSPS) is 18.2. The first-order valence-corrected chi connectivity index (χ1v) is 7.24. The molecule has 4 nitrogen and oxygen atoms in total. The number of benzene rings is 1. The summed E-state index contributed by atoms with van der Waals surface area (Å²) in [7, 11) is 0. The quantitative estimate of drug-likeness (QED) is 0.844. The zero-order valence-corrected chi connectivity index (χ0v) is 11.8. The van der Waals surface area contributed by atoms with E-state index in [1.165, 1.54) is 5.69 Å². The van der Waals surface area contributed by atoms with Gasteiger partial charge in [0.25, 0.3) is 0 Å². The molecule has 0 saturated carbocycles. The second-order valence-electron chi connectivity index (χ2n) is 5.25. The molecule has 1 amide bonds. The van der Waals surface area contributed by atoms with Crippen LogP contribution in [-0.2, 0) is 4.79 Å². The van der Waals surface area contributed by atoms with Gasteiger partial charge in [0.2, 0.25) is 5.91 Å². The number of carbonyl (C=O) groups excluding carboxylic acids is 1. The molecule has 0 N–H and O–H groups in total. The molecule has 2 aliphatic rings. The van der Waals surface area contributed by atoms with Crippen LogP contribution in [0.25, 0.3) is 0 Å². The third-order valence-electron chi connectivity index (χ3n) is 3.80. The molecule has 2 heterocycles. The maximum Gasteiger partial charge on any atom is 0.222 e. The summed E-state index contributed by atoms with van der Waals surface area (Å²) in [4.78, 5) is 15.5. The predicted octanol–water partition coefficient (Wildman–Crippen LogP) is 2.41. The lowest BCUT2D eigenvalue weighted by molar-refractivity contribution is -0.139. The van der Waals surface area contributed by atoms with Crippen molar-refractivity contribution in [1.82, 2.24) is 4.90 Å². The Labute approximate surface area is 119 Å². The molecule has 1 aromatic carbocycles. The molecule has 3 rings (SSSR count). The highest BCUT2D eigenvalue weighted by atomic mass is 16.5. The lowest BCUT2D eigenvalue weighted by Crippen LogP contribution is -2.56. The molecule has 0 aromatic heterocycles. The minimum Gasteiger partial charge on any atom is -0.487 e. The zero-order valence-electron chi connectivity index (χ0n) is 11.8. The Morgan fingerprint density at radius 2 is 2.05 bits per heavy atom. The van der Waals surface area contributed by atoms with Crippen molar-refractivity contribution in [2.75, 3.05) is 24.5 Å². The van der Waals surface area contributed by atoms with Gasteiger partial charge in [0.1, 0.15) is 11.9 Å². The van der Waals surface area contributed by atoms with Crippen LogP contribution >= 0.6 is 0 Å². The van der Waals surface area contributed by atoms with E-state index in [2.05, 4.69) is 29.3 Å². The van der Waals surface area contributed by atoms with Gasteiger partial charge in [-0.3, -0.25) is 4.79 Å². The molecular weight excluding hydrogens is 252 g/mol. The topological polar surface area (TPSA) is 32.8 Å². The van der Waals surface area contributed by atoms with Crippen molar-refractivity contribution in [1.29, 1.82) is 0 Å². The number of rotatable bonds is 4. The van der Waals surface area contributed by atoms with E-state index < -0.39 is 0 Å². The Morgan fingerprint density at radius 3 is 2.65 bits per heavy atom. The van der Waals surface area contributed by atoms with Crippen LogP contribution in [0, 0.1) is 0 Å². The van der Waals surface area contributed by atoms with Crippen molar-refractivity contribution in [3.63, 3.8) is 0 Å². The molecule has 106 valence electrons. The molecule has 0 bridgehead atoms. The second-order valence-corrected chi connectivity index (χ2v) is 5.25. The molecule has 0 spiro atoms. The molecule has 4 heteroatoms. The van der Waals surface area contributed by atoms with Crippen LogP contribution in [0.3, 0.4) is 0 Å². The first-order valence-electron chi connectivity index (χ1n) is 7.24. The first-order chi connectivity index (χ1) is 9.76. The Hall–Kier alpha value is -1.97. The van der Waals surface area contributed by atoms with Crippen LogP contribution in [0.15, 0.2) is 36.5 Å². The standard InChI is InChI=1S/C16H20N2O2/c1-2-16(19)18-11-15(12-18)20-14-7-5-13(6-8-14)17-9-3-4-10-17/h3,5-9,15H,2,4,10-12H2,1H3. The van der Waals surface area contributed by atoms with Crippen LogP contribution in [0.2, 0.25) is 0 Å². The Kier molecular flexibility index (Phi) is 3.63. The minimum atomic E-state index is 0.142. The second kappa shape index (κ2) is 5.57. The van der Waals surface area contributed by atoms with Gasteiger partial charge in [-0.25, -0.2) is 0 Å². The number of amides is 1. The van der Waals surface area contributed by atoms with Crippen LogP contribution in [-0.4, -0.2) is 36.5 Å². The fraction of sp³-hybridized carbons (Fsp3) is 0.438. The summed E-state index contributed by atoms with van der Waals surface area (Å²) in [5, 5.41) is 0. The summed E-state index contributed by atoms with van der Waals surface area (Å²) in [5.74, 6) is 1.09. The molecule has 1 fully saturated rings. The largest absolute Gasteiger partial charge is 0.487 e. The average molecular weight is 272 g/mol. The fourth-order valence-corrected chi connectivity index (χ4v) is 2.55. The van der Waals surface area contributed by atoms with Crippen molar-refractivity contribution in [3.05, 3.63) is 36.5 Å². The van der Waals surface area contributed by atoms with E-state index >= 15 is 0 Å². The lowest BCUT2D eigenvalue weighted by Gasteiger charge is -2.38. The van der Waals surface area contributed by atoms with Gasteiger partial charge in [0.05, 0.1) is 13.1 Å². The van der Waals surface area contributed by atoms with E-state index in [-0.39, 0.29) is 12.0 Å². The molecule has 1 aromatic rings. The van der Waals surface area contributed by atoms with Gasteiger partial charge in [-0.05, 0) is 30.7 Å². The summed E-state index contributed by atoms with van der Waals surface area (Å²) in [6.07, 6.45) is 6.13. The molecule has 20 heavy (non-hydrogen) atoms. The van der Waals surface area contributed by atoms with Gasteiger partial charge in [-0.2, -0.15) is 0 Å². The van der Waals surface area contributed by atoms with Crippen LogP contribution < -0.4 is 9.64 Å². The average Bonchev–Trinajstić information content (AvgIpc) is 2.96.